The second-order valence-corrected chi connectivity index (χ2v) is 6.36. The van der Waals surface area contributed by atoms with Crippen molar-refractivity contribution in [2.75, 3.05) is 6.54 Å². The van der Waals surface area contributed by atoms with Crippen molar-refractivity contribution in [3.63, 3.8) is 0 Å². The zero-order valence-electron chi connectivity index (χ0n) is 13.5. The normalized spacial score (nSPS) is 24.5. The summed E-state index contributed by atoms with van der Waals surface area (Å²) in [6.45, 7) is 7.40. The number of halogens is 1. The molecule has 0 spiro atoms. The third kappa shape index (κ3) is 4.19. The van der Waals surface area contributed by atoms with Gasteiger partial charge in [0.1, 0.15) is 17.2 Å². The maximum absolute atomic E-state index is 13.5. The molecular weight excluding hydrogens is 265 g/mol. The highest BCUT2D eigenvalue weighted by molar-refractivity contribution is 5.39. The molecule has 1 aromatic carbocycles. The van der Waals surface area contributed by atoms with E-state index in [4.69, 9.17) is 4.74 Å². The molecule has 2 nitrogen and oxygen atoms in total. The molecule has 118 valence electrons. The predicted molar refractivity (Wildman–Crippen MR) is 85.2 cm³/mol. The van der Waals surface area contributed by atoms with Crippen LogP contribution < -0.4 is 10.1 Å². The topological polar surface area (TPSA) is 21.3 Å². The fourth-order valence-corrected chi connectivity index (χ4v) is 3.24. The summed E-state index contributed by atoms with van der Waals surface area (Å²) in [4.78, 5) is 0. The minimum Gasteiger partial charge on any atom is -0.487 e. The van der Waals surface area contributed by atoms with Gasteiger partial charge in [-0.05, 0) is 32.4 Å². The molecule has 1 N–H and O–H groups in total. The number of fused-ring (bicyclic) bond motifs is 1. The summed E-state index contributed by atoms with van der Waals surface area (Å²) in [5.74, 6) is 0.490. The Morgan fingerprint density at radius 1 is 1.29 bits per heavy atom. The molecule has 0 bridgehead atoms. The lowest BCUT2D eigenvalue weighted by Crippen LogP contribution is -2.42. The van der Waals surface area contributed by atoms with E-state index < -0.39 is 0 Å². The Morgan fingerprint density at radius 2 is 2.10 bits per heavy atom. The number of ether oxygens (including phenoxy) is 1. The first-order valence-corrected chi connectivity index (χ1v) is 8.30. The van der Waals surface area contributed by atoms with Crippen LogP contribution in [0.2, 0.25) is 0 Å². The fourth-order valence-electron chi connectivity index (χ4n) is 3.24. The number of nitrogens with one attached hydrogen (secondary N) is 1. The molecule has 2 rings (SSSR count). The second-order valence-electron chi connectivity index (χ2n) is 6.36. The molecule has 0 aromatic heterocycles. The van der Waals surface area contributed by atoms with Crippen LogP contribution in [0.3, 0.4) is 0 Å². The summed E-state index contributed by atoms with van der Waals surface area (Å²) in [6.07, 6.45) is 6.92. The summed E-state index contributed by atoms with van der Waals surface area (Å²) in [7, 11) is 0. The molecule has 1 aliphatic heterocycles. The SMILES string of the molecule is CCCCCCC1(C)CC(NCC)c2ccc(F)cc2O1. The summed E-state index contributed by atoms with van der Waals surface area (Å²) < 4.78 is 19.7. The number of unbranched alkanes of at least 4 members (excludes halogenated alkanes) is 3. The van der Waals surface area contributed by atoms with E-state index in [2.05, 4.69) is 26.1 Å². The van der Waals surface area contributed by atoms with Crippen molar-refractivity contribution in [3.05, 3.63) is 29.6 Å². The Bertz CT molecular complexity index is 463. The average Bonchev–Trinajstić information content (AvgIpc) is 2.43. The predicted octanol–water partition coefficient (Wildman–Crippen LogP) is 4.99. The van der Waals surface area contributed by atoms with Gasteiger partial charge >= 0.3 is 0 Å². The molecule has 1 aromatic rings. The quantitative estimate of drug-likeness (QED) is 0.715. The second kappa shape index (κ2) is 7.26. The molecule has 1 heterocycles. The molecule has 2 unspecified atom stereocenters. The standard InChI is InChI=1S/C18H28FNO/c1-4-6-7-8-11-18(3)13-16(20-5-2)15-10-9-14(19)12-17(15)21-18/h9-10,12,16,20H,4-8,11,13H2,1-3H3. The smallest absolute Gasteiger partial charge is 0.127 e. The van der Waals surface area contributed by atoms with Crippen LogP contribution in [-0.4, -0.2) is 12.1 Å². The molecule has 0 saturated carbocycles. The van der Waals surface area contributed by atoms with Crippen molar-refractivity contribution in [1.29, 1.82) is 0 Å². The van der Waals surface area contributed by atoms with Crippen LogP contribution >= 0.6 is 0 Å². The van der Waals surface area contributed by atoms with E-state index in [0.717, 1.165) is 24.9 Å². The third-order valence-corrected chi connectivity index (χ3v) is 4.35. The average molecular weight is 293 g/mol. The lowest BCUT2D eigenvalue weighted by atomic mass is 9.84. The number of hydrogen-bond donors (Lipinski definition) is 1. The Balaban J connectivity index is 2.12. The van der Waals surface area contributed by atoms with Gasteiger partial charge in [0.25, 0.3) is 0 Å². The Morgan fingerprint density at radius 3 is 2.81 bits per heavy atom. The van der Waals surface area contributed by atoms with E-state index in [1.807, 2.05) is 6.07 Å². The third-order valence-electron chi connectivity index (χ3n) is 4.35. The van der Waals surface area contributed by atoms with Gasteiger partial charge in [-0.3, -0.25) is 0 Å². The van der Waals surface area contributed by atoms with Gasteiger partial charge in [-0.15, -0.1) is 0 Å². The fraction of sp³-hybridized carbons (Fsp3) is 0.667. The molecule has 1 aliphatic rings. The molecule has 0 fully saturated rings. The van der Waals surface area contributed by atoms with Gasteiger partial charge < -0.3 is 10.1 Å². The number of benzene rings is 1. The molecular formula is C18H28FNO. The first-order valence-electron chi connectivity index (χ1n) is 8.30. The summed E-state index contributed by atoms with van der Waals surface area (Å²) in [5, 5.41) is 3.51. The van der Waals surface area contributed by atoms with Gasteiger partial charge in [-0.2, -0.15) is 0 Å². The molecule has 3 heteroatoms. The molecule has 2 atom stereocenters. The number of hydrogen-bond acceptors (Lipinski definition) is 2. The van der Waals surface area contributed by atoms with Crippen LogP contribution in [0.1, 0.15) is 70.9 Å². The van der Waals surface area contributed by atoms with Crippen molar-refractivity contribution >= 4 is 0 Å². The lowest BCUT2D eigenvalue weighted by molar-refractivity contribution is 0.0371. The van der Waals surface area contributed by atoms with E-state index in [9.17, 15) is 4.39 Å². The highest BCUT2D eigenvalue weighted by Crippen LogP contribution is 2.42. The minimum absolute atomic E-state index is 0.193. The van der Waals surface area contributed by atoms with Gasteiger partial charge in [0.15, 0.2) is 0 Å². The zero-order chi connectivity index (χ0) is 15.3. The van der Waals surface area contributed by atoms with Crippen LogP contribution in [0.15, 0.2) is 18.2 Å². The van der Waals surface area contributed by atoms with Gasteiger partial charge in [0.2, 0.25) is 0 Å². The Hall–Kier alpha value is -1.09. The van der Waals surface area contributed by atoms with Gasteiger partial charge in [0.05, 0.1) is 0 Å². The van der Waals surface area contributed by atoms with Crippen LogP contribution in [0.5, 0.6) is 5.75 Å². The van der Waals surface area contributed by atoms with Crippen molar-refractivity contribution in [2.24, 2.45) is 0 Å². The van der Waals surface area contributed by atoms with E-state index in [-0.39, 0.29) is 17.5 Å². The maximum Gasteiger partial charge on any atom is 0.127 e. The molecule has 21 heavy (non-hydrogen) atoms. The zero-order valence-corrected chi connectivity index (χ0v) is 13.5. The Labute approximate surface area is 128 Å². The maximum atomic E-state index is 13.5. The summed E-state index contributed by atoms with van der Waals surface area (Å²) in [5.41, 5.74) is 0.894. The monoisotopic (exact) mass is 293 g/mol. The van der Waals surface area contributed by atoms with Gasteiger partial charge in [0, 0.05) is 24.1 Å². The Kier molecular flexibility index (Phi) is 5.63. The van der Waals surface area contributed by atoms with Crippen LogP contribution in [0, 0.1) is 5.82 Å². The van der Waals surface area contributed by atoms with Crippen molar-refractivity contribution < 1.29 is 9.13 Å². The largest absolute Gasteiger partial charge is 0.487 e. The molecule has 0 aliphatic carbocycles. The lowest BCUT2D eigenvalue weighted by Gasteiger charge is -2.40. The van der Waals surface area contributed by atoms with E-state index in [1.54, 1.807) is 0 Å². The van der Waals surface area contributed by atoms with Crippen molar-refractivity contribution in [2.45, 2.75) is 70.9 Å². The van der Waals surface area contributed by atoms with Crippen LogP contribution in [0.25, 0.3) is 0 Å². The van der Waals surface area contributed by atoms with Crippen molar-refractivity contribution in [3.8, 4) is 5.75 Å². The first kappa shape index (κ1) is 16.3. The number of rotatable bonds is 7. The summed E-state index contributed by atoms with van der Waals surface area (Å²) in [6, 6.07) is 5.17. The van der Waals surface area contributed by atoms with E-state index in [1.165, 1.54) is 37.8 Å². The van der Waals surface area contributed by atoms with E-state index >= 15 is 0 Å². The highest BCUT2D eigenvalue weighted by Gasteiger charge is 2.36. The van der Waals surface area contributed by atoms with Crippen LogP contribution in [0.4, 0.5) is 4.39 Å². The molecule has 0 amide bonds. The van der Waals surface area contributed by atoms with Crippen molar-refractivity contribution in [1.82, 2.24) is 5.32 Å². The first-order chi connectivity index (χ1) is 10.1. The minimum atomic E-state index is -0.223. The van der Waals surface area contributed by atoms with E-state index in [0.29, 0.717) is 5.75 Å². The highest BCUT2D eigenvalue weighted by atomic mass is 19.1. The summed E-state index contributed by atoms with van der Waals surface area (Å²) >= 11 is 0. The van der Waals surface area contributed by atoms with Gasteiger partial charge in [-0.1, -0.05) is 39.2 Å². The van der Waals surface area contributed by atoms with Crippen LogP contribution in [-0.2, 0) is 0 Å². The molecule has 0 radical (unpaired) electrons. The molecule has 0 saturated heterocycles. The van der Waals surface area contributed by atoms with Gasteiger partial charge in [-0.25, -0.2) is 4.39 Å².